The Morgan fingerprint density at radius 3 is 2.68 bits per heavy atom. The third-order valence-electron chi connectivity index (χ3n) is 3.72. The van der Waals surface area contributed by atoms with Gasteiger partial charge in [-0.1, -0.05) is 31.4 Å². The van der Waals surface area contributed by atoms with E-state index in [9.17, 15) is 4.79 Å². The van der Waals surface area contributed by atoms with Crippen LogP contribution >= 0.6 is 0 Å². The minimum Gasteiger partial charge on any atom is -0.496 e. The van der Waals surface area contributed by atoms with Crippen LogP contribution in [0.15, 0.2) is 24.3 Å². The fourth-order valence-electron chi connectivity index (χ4n) is 2.62. The minimum absolute atomic E-state index is 0.00624. The number of rotatable bonds is 6. The van der Waals surface area contributed by atoms with E-state index in [1.807, 2.05) is 12.1 Å². The zero-order valence-corrected chi connectivity index (χ0v) is 11.6. The fraction of sp³-hybridized carbons (Fsp3) is 0.562. The standard InChI is InChI=1S/C16H22O3/c1-18-16-10-6-5-9-14(16)15(17)12-19-11-13-7-3-2-4-8-13/h5-6,9-10,13H,2-4,7-8,11-12H2,1H3. The average Bonchev–Trinajstić information content (AvgIpc) is 2.48. The highest BCUT2D eigenvalue weighted by Crippen LogP contribution is 2.24. The number of hydrogen-bond acceptors (Lipinski definition) is 3. The smallest absolute Gasteiger partial charge is 0.192 e. The number of para-hydroxylation sites is 1. The molecule has 0 spiro atoms. The molecule has 0 aliphatic heterocycles. The van der Waals surface area contributed by atoms with Gasteiger partial charge in [-0.3, -0.25) is 4.79 Å². The van der Waals surface area contributed by atoms with Gasteiger partial charge in [-0.15, -0.1) is 0 Å². The number of hydrogen-bond donors (Lipinski definition) is 0. The second kappa shape index (κ2) is 7.29. The molecule has 1 aliphatic carbocycles. The molecule has 0 saturated heterocycles. The van der Waals surface area contributed by atoms with Crippen molar-refractivity contribution in [3.63, 3.8) is 0 Å². The van der Waals surface area contributed by atoms with Crippen LogP contribution in [0.25, 0.3) is 0 Å². The van der Waals surface area contributed by atoms with E-state index in [1.165, 1.54) is 32.1 Å². The highest BCUT2D eigenvalue weighted by Gasteiger charge is 2.15. The van der Waals surface area contributed by atoms with Gasteiger partial charge in [-0.2, -0.15) is 0 Å². The second-order valence-electron chi connectivity index (χ2n) is 5.14. The Labute approximate surface area is 114 Å². The van der Waals surface area contributed by atoms with Crippen molar-refractivity contribution in [1.29, 1.82) is 0 Å². The largest absolute Gasteiger partial charge is 0.496 e. The first-order valence-electron chi connectivity index (χ1n) is 7.05. The molecule has 0 heterocycles. The second-order valence-corrected chi connectivity index (χ2v) is 5.14. The maximum absolute atomic E-state index is 12.1. The summed E-state index contributed by atoms with van der Waals surface area (Å²) in [4.78, 5) is 12.1. The van der Waals surface area contributed by atoms with Crippen LogP contribution < -0.4 is 4.74 Å². The monoisotopic (exact) mass is 262 g/mol. The van der Waals surface area contributed by atoms with E-state index in [0.29, 0.717) is 23.8 Å². The SMILES string of the molecule is COc1ccccc1C(=O)COCC1CCCCC1. The summed E-state index contributed by atoms with van der Waals surface area (Å²) in [6, 6.07) is 7.29. The van der Waals surface area contributed by atoms with E-state index in [4.69, 9.17) is 9.47 Å². The van der Waals surface area contributed by atoms with Crippen LogP contribution in [-0.4, -0.2) is 26.1 Å². The summed E-state index contributed by atoms with van der Waals surface area (Å²) in [6.45, 7) is 0.859. The average molecular weight is 262 g/mol. The third kappa shape index (κ3) is 4.06. The van der Waals surface area contributed by atoms with Gasteiger partial charge in [0.1, 0.15) is 12.4 Å². The van der Waals surface area contributed by atoms with E-state index in [2.05, 4.69) is 0 Å². The Bertz CT molecular complexity index is 408. The highest BCUT2D eigenvalue weighted by atomic mass is 16.5. The Balaban J connectivity index is 1.80. The molecule has 3 heteroatoms. The summed E-state index contributed by atoms with van der Waals surface area (Å²) in [7, 11) is 1.58. The quantitative estimate of drug-likeness (QED) is 0.736. The Hall–Kier alpha value is -1.35. The molecule has 104 valence electrons. The van der Waals surface area contributed by atoms with Crippen molar-refractivity contribution in [3.8, 4) is 5.75 Å². The Morgan fingerprint density at radius 1 is 1.21 bits per heavy atom. The molecule has 3 nitrogen and oxygen atoms in total. The lowest BCUT2D eigenvalue weighted by Gasteiger charge is -2.21. The number of carbonyl (C=O) groups is 1. The summed E-state index contributed by atoms with van der Waals surface area (Å²) < 4.78 is 10.8. The molecule has 0 atom stereocenters. The number of Topliss-reactive ketones (excluding diaryl/α,β-unsaturated/α-hetero) is 1. The first-order chi connectivity index (χ1) is 9.31. The minimum atomic E-state index is -0.00624. The maximum Gasteiger partial charge on any atom is 0.192 e. The van der Waals surface area contributed by atoms with Gasteiger partial charge in [0, 0.05) is 0 Å². The molecule has 19 heavy (non-hydrogen) atoms. The fourth-order valence-corrected chi connectivity index (χ4v) is 2.62. The van der Waals surface area contributed by atoms with Crippen LogP contribution in [0.5, 0.6) is 5.75 Å². The summed E-state index contributed by atoms with van der Waals surface area (Å²) in [5, 5.41) is 0. The third-order valence-corrected chi connectivity index (χ3v) is 3.72. The van der Waals surface area contributed by atoms with Crippen LogP contribution in [0.2, 0.25) is 0 Å². The molecule has 0 N–H and O–H groups in total. The molecule has 0 aromatic heterocycles. The zero-order valence-electron chi connectivity index (χ0n) is 11.6. The van der Waals surface area contributed by atoms with Crippen molar-refractivity contribution in [1.82, 2.24) is 0 Å². The van der Waals surface area contributed by atoms with Crippen molar-refractivity contribution in [2.45, 2.75) is 32.1 Å². The topological polar surface area (TPSA) is 35.5 Å². The van der Waals surface area contributed by atoms with Crippen molar-refractivity contribution in [2.24, 2.45) is 5.92 Å². The van der Waals surface area contributed by atoms with Crippen LogP contribution in [-0.2, 0) is 4.74 Å². The first-order valence-corrected chi connectivity index (χ1v) is 7.05. The first kappa shape index (κ1) is 14.1. The Kier molecular flexibility index (Phi) is 5.40. The van der Waals surface area contributed by atoms with Crippen molar-refractivity contribution in [2.75, 3.05) is 20.3 Å². The predicted molar refractivity (Wildman–Crippen MR) is 74.7 cm³/mol. The molecule has 1 saturated carbocycles. The number of ether oxygens (including phenoxy) is 2. The molecule has 1 aromatic rings. The lowest BCUT2D eigenvalue weighted by Crippen LogP contribution is -2.17. The lowest BCUT2D eigenvalue weighted by molar-refractivity contribution is 0.0626. The van der Waals surface area contributed by atoms with Crippen molar-refractivity contribution < 1.29 is 14.3 Å². The maximum atomic E-state index is 12.1. The van der Waals surface area contributed by atoms with E-state index >= 15 is 0 Å². The molecule has 0 unspecified atom stereocenters. The highest BCUT2D eigenvalue weighted by molar-refractivity contribution is 5.99. The summed E-state index contributed by atoms with van der Waals surface area (Å²) in [5.74, 6) is 1.25. The van der Waals surface area contributed by atoms with Gasteiger partial charge >= 0.3 is 0 Å². The molecule has 0 amide bonds. The van der Waals surface area contributed by atoms with Crippen LogP contribution in [0.1, 0.15) is 42.5 Å². The van der Waals surface area contributed by atoms with Crippen molar-refractivity contribution in [3.05, 3.63) is 29.8 Å². The molecule has 1 aromatic carbocycles. The van der Waals surface area contributed by atoms with Crippen LogP contribution in [0.3, 0.4) is 0 Å². The summed E-state index contributed by atoms with van der Waals surface area (Å²) in [5.41, 5.74) is 0.605. The van der Waals surface area contributed by atoms with Gasteiger partial charge < -0.3 is 9.47 Å². The molecular formula is C16H22O3. The predicted octanol–water partition coefficient (Wildman–Crippen LogP) is 3.47. The van der Waals surface area contributed by atoms with Gasteiger partial charge in [-0.25, -0.2) is 0 Å². The van der Waals surface area contributed by atoms with E-state index < -0.39 is 0 Å². The van der Waals surface area contributed by atoms with E-state index in [1.54, 1.807) is 19.2 Å². The summed E-state index contributed by atoms with van der Waals surface area (Å²) in [6.07, 6.45) is 6.42. The van der Waals surface area contributed by atoms with Gasteiger partial charge in [0.25, 0.3) is 0 Å². The zero-order chi connectivity index (χ0) is 13.5. The Morgan fingerprint density at radius 2 is 1.95 bits per heavy atom. The number of carbonyl (C=O) groups excluding carboxylic acids is 1. The van der Waals surface area contributed by atoms with E-state index in [-0.39, 0.29) is 12.4 Å². The van der Waals surface area contributed by atoms with Gasteiger partial charge in [0.05, 0.1) is 19.3 Å². The molecule has 1 aliphatic rings. The van der Waals surface area contributed by atoms with Gasteiger partial charge in [0.15, 0.2) is 5.78 Å². The number of methoxy groups -OCH3 is 1. The summed E-state index contributed by atoms with van der Waals surface area (Å²) >= 11 is 0. The number of ketones is 1. The number of benzene rings is 1. The van der Waals surface area contributed by atoms with Crippen LogP contribution in [0, 0.1) is 5.92 Å². The van der Waals surface area contributed by atoms with Gasteiger partial charge in [-0.05, 0) is 30.9 Å². The molecule has 1 fully saturated rings. The molecular weight excluding hydrogens is 240 g/mol. The van der Waals surface area contributed by atoms with E-state index in [0.717, 1.165) is 0 Å². The van der Waals surface area contributed by atoms with Gasteiger partial charge in [0.2, 0.25) is 0 Å². The lowest BCUT2D eigenvalue weighted by atomic mass is 9.90. The van der Waals surface area contributed by atoms with Crippen LogP contribution in [0.4, 0.5) is 0 Å². The molecule has 0 radical (unpaired) electrons. The van der Waals surface area contributed by atoms with Crippen molar-refractivity contribution >= 4 is 5.78 Å². The normalized spacial score (nSPS) is 16.3. The molecule has 2 rings (SSSR count). The molecule has 0 bridgehead atoms.